The van der Waals surface area contributed by atoms with Crippen LogP contribution >= 0.6 is 0 Å². The number of halogens is 1. The Morgan fingerprint density at radius 2 is 1.87 bits per heavy atom. The molecule has 1 aromatic carbocycles. The molecule has 1 fully saturated rings. The van der Waals surface area contributed by atoms with Crippen LogP contribution in [0.15, 0.2) is 36.7 Å². The van der Waals surface area contributed by atoms with Gasteiger partial charge in [0.2, 0.25) is 5.95 Å². The summed E-state index contributed by atoms with van der Waals surface area (Å²) in [4.78, 5) is 24.5. The first-order valence-corrected chi connectivity index (χ1v) is 7.47. The van der Waals surface area contributed by atoms with E-state index >= 15 is 0 Å². The SMILES string of the molecule is Cc1ccc(F)cc1NC(=O)N1CCN(c2ncccn2)CC1. The van der Waals surface area contributed by atoms with Crippen molar-refractivity contribution in [3.05, 3.63) is 48.0 Å². The van der Waals surface area contributed by atoms with Crippen LogP contribution in [-0.4, -0.2) is 47.1 Å². The standard InChI is InChI=1S/C16H18FN5O/c1-12-3-4-13(17)11-14(12)20-16(23)22-9-7-21(8-10-22)15-18-5-2-6-19-15/h2-6,11H,7-10H2,1H3,(H,20,23). The van der Waals surface area contributed by atoms with E-state index in [-0.39, 0.29) is 11.8 Å². The van der Waals surface area contributed by atoms with Crippen molar-refractivity contribution in [3.8, 4) is 0 Å². The topological polar surface area (TPSA) is 61.4 Å². The van der Waals surface area contributed by atoms with E-state index in [2.05, 4.69) is 15.3 Å². The van der Waals surface area contributed by atoms with Crippen LogP contribution in [0, 0.1) is 12.7 Å². The van der Waals surface area contributed by atoms with Gasteiger partial charge in [-0.15, -0.1) is 0 Å². The Labute approximate surface area is 134 Å². The second-order valence-electron chi connectivity index (χ2n) is 5.41. The predicted molar refractivity (Wildman–Crippen MR) is 86.0 cm³/mol. The number of anilines is 2. The summed E-state index contributed by atoms with van der Waals surface area (Å²) in [5.41, 5.74) is 1.33. The average Bonchev–Trinajstić information content (AvgIpc) is 2.59. The van der Waals surface area contributed by atoms with Crippen LogP contribution in [-0.2, 0) is 0 Å². The van der Waals surface area contributed by atoms with Crippen molar-refractivity contribution < 1.29 is 9.18 Å². The van der Waals surface area contributed by atoms with E-state index < -0.39 is 0 Å². The predicted octanol–water partition coefficient (Wildman–Crippen LogP) is 2.28. The number of hydrogen-bond acceptors (Lipinski definition) is 4. The van der Waals surface area contributed by atoms with E-state index in [1.807, 2.05) is 11.8 Å². The highest BCUT2D eigenvalue weighted by molar-refractivity contribution is 5.90. The first kappa shape index (κ1) is 15.2. The van der Waals surface area contributed by atoms with E-state index in [4.69, 9.17) is 0 Å². The highest BCUT2D eigenvalue weighted by Crippen LogP contribution is 2.17. The second-order valence-corrected chi connectivity index (χ2v) is 5.41. The van der Waals surface area contributed by atoms with E-state index in [0.29, 0.717) is 37.8 Å². The smallest absolute Gasteiger partial charge is 0.321 e. The molecule has 1 saturated heterocycles. The first-order valence-electron chi connectivity index (χ1n) is 7.47. The van der Waals surface area contributed by atoms with Crippen LogP contribution in [0.5, 0.6) is 0 Å². The fraction of sp³-hybridized carbons (Fsp3) is 0.312. The molecule has 1 aliphatic rings. The number of carbonyl (C=O) groups is 1. The van der Waals surface area contributed by atoms with Gasteiger partial charge in [0, 0.05) is 44.3 Å². The van der Waals surface area contributed by atoms with Gasteiger partial charge in [-0.25, -0.2) is 19.2 Å². The molecule has 3 rings (SSSR count). The lowest BCUT2D eigenvalue weighted by Gasteiger charge is -2.34. The maximum Gasteiger partial charge on any atom is 0.321 e. The normalized spacial score (nSPS) is 14.7. The van der Waals surface area contributed by atoms with Crippen LogP contribution in [0.2, 0.25) is 0 Å². The summed E-state index contributed by atoms with van der Waals surface area (Å²) in [6, 6.07) is 5.92. The quantitative estimate of drug-likeness (QED) is 0.923. The number of aromatic nitrogens is 2. The first-order chi connectivity index (χ1) is 11.1. The van der Waals surface area contributed by atoms with Crippen molar-refractivity contribution in [1.29, 1.82) is 0 Å². The van der Waals surface area contributed by atoms with Gasteiger partial charge in [0.25, 0.3) is 0 Å². The molecule has 0 atom stereocenters. The Hall–Kier alpha value is -2.70. The molecule has 0 bridgehead atoms. The van der Waals surface area contributed by atoms with Crippen LogP contribution in [0.1, 0.15) is 5.56 Å². The molecule has 2 aromatic rings. The van der Waals surface area contributed by atoms with Crippen LogP contribution < -0.4 is 10.2 Å². The summed E-state index contributed by atoms with van der Waals surface area (Å²) in [6.07, 6.45) is 3.41. The minimum atomic E-state index is -0.364. The van der Waals surface area contributed by atoms with Gasteiger partial charge < -0.3 is 15.1 Å². The van der Waals surface area contributed by atoms with Gasteiger partial charge >= 0.3 is 6.03 Å². The van der Waals surface area contributed by atoms with Gasteiger partial charge in [-0.2, -0.15) is 0 Å². The fourth-order valence-corrected chi connectivity index (χ4v) is 2.49. The average molecular weight is 315 g/mol. The maximum atomic E-state index is 13.3. The number of amides is 2. The Kier molecular flexibility index (Phi) is 4.36. The summed E-state index contributed by atoms with van der Waals surface area (Å²) < 4.78 is 13.3. The maximum absolute atomic E-state index is 13.3. The number of aryl methyl sites for hydroxylation is 1. The summed E-state index contributed by atoms with van der Waals surface area (Å²) in [7, 11) is 0. The lowest BCUT2D eigenvalue weighted by Crippen LogP contribution is -2.50. The summed E-state index contributed by atoms with van der Waals surface area (Å²) in [5, 5.41) is 2.77. The largest absolute Gasteiger partial charge is 0.337 e. The zero-order valence-corrected chi connectivity index (χ0v) is 12.9. The number of nitrogens with zero attached hydrogens (tertiary/aromatic N) is 4. The van der Waals surface area contributed by atoms with Gasteiger partial charge in [0.05, 0.1) is 0 Å². The molecule has 2 heterocycles. The lowest BCUT2D eigenvalue weighted by atomic mass is 10.2. The van der Waals surface area contributed by atoms with E-state index in [1.54, 1.807) is 29.4 Å². The highest BCUT2D eigenvalue weighted by Gasteiger charge is 2.22. The minimum Gasteiger partial charge on any atom is -0.337 e. The zero-order chi connectivity index (χ0) is 16.2. The minimum absolute atomic E-state index is 0.215. The van der Waals surface area contributed by atoms with Crippen molar-refractivity contribution in [2.45, 2.75) is 6.92 Å². The molecule has 1 aliphatic heterocycles. The Bertz CT molecular complexity index is 686. The van der Waals surface area contributed by atoms with Gasteiger partial charge in [-0.05, 0) is 30.7 Å². The number of nitrogens with one attached hydrogen (secondary N) is 1. The molecule has 0 spiro atoms. The molecule has 7 heteroatoms. The Morgan fingerprint density at radius 3 is 2.57 bits per heavy atom. The third-order valence-corrected chi connectivity index (χ3v) is 3.84. The van der Waals surface area contributed by atoms with Crippen LogP contribution in [0.25, 0.3) is 0 Å². The summed E-state index contributed by atoms with van der Waals surface area (Å²) in [5.74, 6) is 0.311. The molecule has 1 N–H and O–H groups in total. The fourth-order valence-electron chi connectivity index (χ4n) is 2.49. The van der Waals surface area contributed by atoms with Crippen molar-refractivity contribution in [1.82, 2.24) is 14.9 Å². The number of urea groups is 1. The van der Waals surface area contributed by atoms with Crippen molar-refractivity contribution in [2.75, 3.05) is 36.4 Å². The third-order valence-electron chi connectivity index (χ3n) is 3.84. The lowest BCUT2D eigenvalue weighted by molar-refractivity contribution is 0.208. The molecule has 0 radical (unpaired) electrons. The van der Waals surface area contributed by atoms with Gasteiger partial charge in [0.15, 0.2) is 0 Å². The number of rotatable bonds is 2. The summed E-state index contributed by atoms with van der Waals surface area (Å²) in [6.45, 7) is 4.30. The Balaban J connectivity index is 1.59. The van der Waals surface area contributed by atoms with Crippen LogP contribution in [0.3, 0.4) is 0 Å². The molecular weight excluding hydrogens is 297 g/mol. The van der Waals surface area contributed by atoms with Gasteiger partial charge in [-0.3, -0.25) is 0 Å². The molecule has 120 valence electrons. The van der Waals surface area contributed by atoms with Gasteiger partial charge in [-0.1, -0.05) is 6.07 Å². The number of piperazine rings is 1. The monoisotopic (exact) mass is 315 g/mol. The second kappa shape index (κ2) is 6.60. The number of benzene rings is 1. The van der Waals surface area contributed by atoms with E-state index in [9.17, 15) is 9.18 Å². The van der Waals surface area contributed by atoms with Crippen LogP contribution in [0.4, 0.5) is 20.8 Å². The van der Waals surface area contributed by atoms with Crippen molar-refractivity contribution >= 4 is 17.7 Å². The van der Waals surface area contributed by atoms with Gasteiger partial charge in [0.1, 0.15) is 5.82 Å². The molecule has 6 nitrogen and oxygen atoms in total. The molecule has 0 unspecified atom stereocenters. The van der Waals surface area contributed by atoms with Crippen molar-refractivity contribution in [3.63, 3.8) is 0 Å². The highest BCUT2D eigenvalue weighted by atomic mass is 19.1. The molecule has 23 heavy (non-hydrogen) atoms. The Morgan fingerprint density at radius 1 is 1.17 bits per heavy atom. The molecule has 2 amide bonds. The van der Waals surface area contributed by atoms with Crippen molar-refractivity contribution in [2.24, 2.45) is 0 Å². The molecule has 1 aromatic heterocycles. The number of hydrogen-bond donors (Lipinski definition) is 1. The van der Waals surface area contributed by atoms with E-state index in [0.717, 1.165) is 5.56 Å². The zero-order valence-electron chi connectivity index (χ0n) is 12.9. The number of carbonyl (C=O) groups excluding carboxylic acids is 1. The molecule has 0 aliphatic carbocycles. The third kappa shape index (κ3) is 3.56. The molecular formula is C16H18FN5O. The van der Waals surface area contributed by atoms with E-state index in [1.165, 1.54) is 12.1 Å². The molecule has 0 saturated carbocycles. The summed E-state index contributed by atoms with van der Waals surface area (Å²) >= 11 is 0.